The van der Waals surface area contributed by atoms with Crippen molar-refractivity contribution in [2.75, 3.05) is 0 Å². The van der Waals surface area contributed by atoms with Crippen molar-refractivity contribution in [2.24, 2.45) is 11.3 Å². The van der Waals surface area contributed by atoms with Crippen LogP contribution in [-0.4, -0.2) is 21.9 Å². The van der Waals surface area contributed by atoms with Crippen LogP contribution in [-0.2, 0) is 4.74 Å². The first-order valence-electron chi connectivity index (χ1n) is 7.18. The monoisotopic (exact) mass is 238 g/mol. The predicted octanol–water partition coefficient (Wildman–Crippen LogP) is 3.28. The summed E-state index contributed by atoms with van der Waals surface area (Å²) in [5.41, 5.74) is -0.753. The van der Waals surface area contributed by atoms with Crippen LogP contribution >= 0.6 is 0 Å². The van der Waals surface area contributed by atoms with Crippen molar-refractivity contribution >= 4 is 0 Å². The third kappa shape index (κ3) is 1.19. The van der Waals surface area contributed by atoms with Gasteiger partial charge in [0, 0.05) is 5.92 Å². The third-order valence-corrected chi connectivity index (χ3v) is 6.06. The van der Waals surface area contributed by atoms with Gasteiger partial charge in [0.25, 0.3) is 0 Å². The Morgan fingerprint density at radius 3 is 2.29 bits per heavy atom. The molecule has 1 heterocycles. The van der Waals surface area contributed by atoms with E-state index in [2.05, 4.69) is 20.8 Å². The standard InChI is InChI=1S/C15H26O2/c1-12(2)11-7-5-8-13(3)9-6-10-14(4,16)15(11,13)17-12/h11,16H,5-10H2,1-4H3. The zero-order chi connectivity index (χ0) is 12.5. The first kappa shape index (κ1) is 12.0. The van der Waals surface area contributed by atoms with Crippen molar-refractivity contribution in [3.63, 3.8) is 0 Å². The molecule has 0 amide bonds. The zero-order valence-electron chi connectivity index (χ0n) is 11.7. The molecule has 4 unspecified atom stereocenters. The summed E-state index contributed by atoms with van der Waals surface area (Å²) in [5.74, 6) is 0.532. The van der Waals surface area contributed by atoms with Crippen molar-refractivity contribution in [3.8, 4) is 0 Å². The number of hydrogen-bond acceptors (Lipinski definition) is 2. The highest BCUT2D eigenvalue weighted by Crippen LogP contribution is 2.69. The average molecular weight is 238 g/mol. The van der Waals surface area contributed by atoms with Gasteiger partial charge in [-0.05, 0) is 58.3 Å². The van der Waals surface area contributed by atoms with E-state index in [1.807, 2.05) is 6.92 Å². The maximum Gasteiger partial charge on any atom is 0.108 e. The van der Waals surface area contributed by atoms with Crippen LogP contribution in [0.25, 0.3) is 0 Å². The molecule has 1 N–H and O–H groups in total. The van der Waals surface area contributed by atoms with E-state index in [1.54, 1.807) is 0 Å². The fraction of sp³-hybridized carbons (Fsp3) is 1.00. The molecule has 0 bridgehead atoms. The molecular weight excluding hydrogens is 212 g/mol. The first-order valence-corrected chi connectivity index (χ1v) is 7.18. The van der Waals surface area contributed by atoms with Gasteiger partial charge in [-0.15, -0.1) is 0 Å². The number of hydrogen-bond donors (Lipinski definition) is 1. The van der Waals surface area contributed by atoms with Gasteiger partial charge < -0.3 is 9.84 Å². The zero-order valence-corrected chi connectivity index (χ0v) is 11.7. The van der Waals surface area contributed by atoms with Crippen molar-refractivity contribution < 1.29 is 9.84 Å². The number of ether oxygens (including phenoxy) is 1. The summed E-state index contributed by atoms with van der Waals surface area (Å²) >= 11 is 0. The lowest BCUT2D eigenvalue weighted by atomic mass is 9.43. The molecule has 2 saturated carbocycles. The van der Waals surface area contributed by atoms with E-state index in [1.165, 1.54) is 25.7 Å². The summed E-state index contributed by atoms with van der Waals surface area (Å²) < 4.78 is 6.39. The highest BCUT2D eigenvalue weighted by atomic mass is 16.6. The molecule has 17 heavy (non-hydrogen) atoms. The molecule has 2 heteroatoms. The Balaban J connectivity index is 2.08. The van der Waals surface area contributed by atoms with E-state index >= 15 is 0 Å². The van der Waals surface area contributed by atoms with Crippen molar-refractivity contribution in [1.82, 2.24) is 0 Å². The van der Waals surface area contributed by atoms with Gasteiger partial charge in [0.2, 0.25) is 0 Å². The van der Waals surface area contributed by atoms with Gasteiger partial charge in [-0.3, -0.25) is 0 Å². The molecule has 2 nitrogen and oxygen atoms in total. The second kappa shape index (κ2) is 3.08. The molecule has 4 atom stereocenters. The molecular formula is C15H26O2. The maximum absolute atomic E-state index is 10.9. The minimum atomic E-state index is -0.638. The Morgan fingerprint density at radius 2 is 1.65 bits per heavy atom. The number of rotatable bonds is 0. The van der Waals surface area contributed by atoms with Gasteiger partial charge in [0.15, 0.2) is 0 Å². The molecule has 3 rings (SSSR count). The van der Waals surface area contributed by atoms with Crippen LogP contribution in [0.5, 0.6) is 0 Å². The molecule has 3 fully saturated rings. The second-order valence-electron chi connectivity index (χ2n) is 7.57. The quantitative estimate of drug-likeness (QED) is 0.702. The summed E-state index contributed by atoms with van der Waals surface area (Å²) in [7, 11) is 0. The summed E-state index contributed by atoms with van der Waals surface area (Å²) in [4.78, 5) is 0. The average Bonchev–Trinajstić information content (AvgIpc) is 2.18. The SMILES string of the molecule is CC1(C)OC23C1CCCC2(C)CCCC3(C)O. The van der Waals surface area contributed by atoms with Crippen LogP contribution in [0.3, 0.4) is 0 Å². The van der Waals surface area contributed by atoms with Gasteiger partial charge in [0.05, 0.1) is 11.2 Å². The molecule has 98 valence electrons. The minimum Gasteiger partial charge on any atom is -0.387 e. The van der Waals surface area contributed by atoms with Crippen LogP contribution in [0.2, 0.25) is 0 Å². The molecule has 0 radical (unpaired) electrons. The number of aliphatic hydroxyl groups is 1. The Bertz CT molecular complexity index is 343. The lowest BCUT2D eigenvalue weighted by Crippen LogP contribution is -2.82. The minimum absolute atomic E-state index is 0.0387. The lowest BCUT2D eigenvalue weighted by molar-refractivity contribution is -0.424. The van der Waals surface area contributed by atoms with Crippen molar-refractivity contribution in [2.45, 2.75) is 83.0 Å². The molecule has 2 aliphatic carbocycles. The molecule has 1 spiro atoms. The van der Waals surface area contributed by atoms with Gasteiger partial charge in [-0.2, -0.15) is 0 Å². The van der Waals surface area contributed by atoms with Crippen LogP contribution in [0.15, 0.2) is 0 Å². The fourth-order valence-corrected chi connectivity index (χ4v) is 5.42. The summed E-state index contributed by atoms with van der Waals surface area (Å²) in [6.45, 7) is 8.75. The third-order valence-electron chi connectivity index (χ3n) is 6.06. The molecule has 3 aliphatic rings. The van der Waals surface area contributed by atoms with Crippen molar-refractivity contribution in [3.05, 3.63) is 0 Å². The van der Waals surface area contributed by atoms with Gasteiger partial charge in [-0.25, -0.2) is 0 Å². The van der Waals surface area contributed by atoms with E-state index in [4.69, 9.17) is 4.74 Å². The van der Waals surface area contributed by atoms with E-state index in [-0.39, 0.29) is 16.6 Å². The fourth-order valence-electron chi connectivity index (χ4n) is 5.42. The molecule has 0 aromatic heterocycles. The molecule has 1 saturated heterocycles. The largest absolute Gasteiger partial charge is 0.387 e. The molecule has 0 aromatic carbocycles. The van der Waals surface area contributed by atoms with Gasteiger partial charge in [0.1, 0.15) is 5.60 Å². The highest BCUT2D eigenvalue weighted by molar-refractivity contribution is 5.24. The Labute approximate surface area is 105 Å². The van der Waals surface area contributed by atoms with Gasteiger partial charge >= 0.3 is 0 Å². The van der Waals surface area contributed by atoms with Crippen LogP contribution in [0.4, 0.5) is 0 Å². The smallest absolute Gasteiger partial charge is 0.108 e. The summed E-state index contributed by atoms with van der Waals surface area (Å²) in [5, 5.41) is 10.9. The van der Waals surface area contributed by atoms with E-state index in [9.17, 15) is 5.11 Å². The Morgan fingerprint density at radius 1 is 1.00 bits per heavy atom. The predicted molar refractivity (Wildman–Crippen MR) is 67.8 cm³/mol. The first-order chi connectivity index (χ1) is 7.75. The Hall–Kier alpha value is -0.0800. The highest BCUT2D eigenvalue weighted by Gasteiger charge is 2.75. The van der Waals surface area contributed by atoms with E-state index in [0.29, 0.717) is 5.92 Å². The summed E-state index contributed by atoms with van der Waals surface area (Å²) in [6, 6.07) is 0. The topological polar surface area (TPSA) is 29.5 Å². The molecule has 0 aromatic rings. The van der Waals surface area contributed by atoms with Gasteiger partial charge in [-0.1, -0.05) is 13.3 Å². The second-order valence-corrected chi connectivity index (χ2v) is 7.57. The Kier molecular flexibility index (Phi) is 2.17. The maximum atomic E-state index is 10.9. The van der Waals surface area contributed by atoms with E-state index < -0.39 is 5.60 Å². The van der Waals surface area contributed by atoms with Crippen LogP contribution in [0.1, 0.15) is 66.2 Å². The molecule has 1 aliphatic heterocycles. The lowest BCUT2D eigenvalue weighted by Gasteiger charge is -2.75. The summed E-state index contributed by atoms with van der Waals surface area (Å²) in [6.07, 6.45) is 6.99. The van der Waals surface area contributed by atoms with Crippen LogP contribution < -0.4 is 0 Å². The van der Waals surface area contributed by atoms with E-state index in [0.717, 1.165) is 12.8 Å². The van der Waals surface area contributed by atoms with Crippen molar-refractivity contribution in [1.29, 1.82) is 0 Å². The normalized spacial score (nSPS) is 56.6. The van der Waals surface area contributed by atoms with Crippen LogP contribution in [0, 0.1) is 11.3 Å².